The first-order chi connectivity index (χ1) is 20.2. The van der Waals surface area contributed by atoms with Crippen LogP contribution in [0.3, 0.4) is 0 Å². The number of carbonyl (C=O) groups is 1. The molecular weight excluding hydrogens is 893 g/mol. The molecule has 254 valence electrons. The number of nitrogens with one attached hydrogen (secondary N) is 2. The molecule has 0 aromatic carbocycles. The van der Waals surface area contributed by atoms with Gasteiger partial charge in [-0.05, 0) is 0 Å². The van der Waals surface area contributed by atoms with Crippen LogP contribution in [0.25, 0.3) is 0 Å². The van der Waals surface area contributed by atoms with E-state index in [-0.39, 0.29) is 41.2 Å². The number of amides is 1. The molecule has 2 fully saturated rings. The molecule has 2 aliphatic rings. The van der Waals surface area contributed by atoms with E-state index in [1.54, 1.807) is 0 Å². The SMILES string of the molecule is Cc1cn([C@H]2CC(O)[C@@H](CO[I+]([O-])(O)OP(=O)(O)OP(=O)(O)OP(=O)(O)OC3CCC(NC(=O)CI)CC3)O2)c(=O)[nH]c1=O. The van der Waals surface area contributed by atoms with Gasteiger partial charge in [0.2, 0.25) is 5.91 Å². The Balaban J connectivity index is 1.51. The molecule has 44 heavy (non-hydrogen) atoms. The number of phosphoric ester groups is 1. The maximum atomic E-state index is 12.3. The van der Waals surface area contributed by atoms with E-state index in [1.165, 1.54) is 6.92 Å². The van der Waals surface area contributed by atoms with Crippen LogP contribution in [-0.4, -0.2) is 74.1 Å². The molecule has 21 nitrogen and oxygen atoms in total. The molecule has 5 unspecified atom stereocenters. The molecular formula is C18H30I2N3O18P3. The Labute approximate surface area is 267 Å². The third-order valence-corrected chi connectivity index (χ3v) is 15.1. The molecule has 7 N–H and O–H groups in total. The Morgan fingerprint density at radius 3 is 2.39 bits per heavy atom. The van der Waals surface area contributed by atoms with Crippen molar-refractivity contribution >= 4 is 52.0 Å². The number of alkyl halides is 1. The first-order valence-electron chi connectivity index (χ1n) is 12.4. The van der Waals surface area contributed by atoms with E-state index in [9.17, 15) is 54.7 Å². The summed E-state index contributed by atoms with van der Waals surface area (Å²) in [5.74, 6) is -0.201. The summed E-state index contributed by atoms with van der Waals surface area (Å²) < 4.78 is 86.6. The molecule has 1 aliphatic heterocycles. The van der Waals surface area contributed by atoms with Gasteiger partial charge in [-0.15, -0.1) is 0 Å². The molecule has 2 heterocycles. The number of carbonyl (C=O) groups excluding carboxylic acids is 1. The standard InChI is InChI=1S/C18H30I2N3O18P3/c1-10-8-23(18(27)22-17(10)26)16-6-13(24)14(37-16)9-36-20(28,29)39-43(32,33)41-44(34,35)40-42(30,31)38-12-4-2-11(3-5-12)21-15(25)7-19/h8,11-14,16,24,28H,2-7,9H2,1H3,(H,21,25)(H,30,31)(H,32,33)(H,34,35)(H,22,26,27)/t11?,12?,13?,14-,16-/m1/s1. The molecule has 1 amide bonds. The van der Waals surface area contributed by atoms with Crippen LogP contribution >= 0.6 is 46.1 Å². The number of rotatable bonds is 14. The van der Waals surface area contributed by atoms with E-state index in [2.05, 4.69) is 19.9 Å². The van der Waals surface area contributed by atoms with Crippen LogP contribution in [-0.2, 0) is 42.3 Å². The van der Waals surface area contributed by atoms with E-state index in [4.69, 9.17) is 9.26 Å². The first kappa shape index (κ1) is 38.3. The minimum atomic E-state index is -6.45. The minimum absolute atomic E-state index is 0.146. The fourth-order valence-electron chi connectivity index (χ4n) is 4.18. The van der Waals surface area contributed by atoms with Crippen molar-refractivity contribution < 1.29 is 89.0 Å². The number of aliphatic hydroxyl groups is 1. The Morgan fingerprint density at radius 2 is 1.77 bits per heavy atom. The monoisotopic (exact) mass is 923 g/mol. The summed E-state index contributed by atoms with van der Waals surface area (Å²) in [4.78, 5) is 66.5. The number of ether oxygens (including phenoxy) is 1. The average molecular weight is 923 g/mol. The molecule has 26 heteroatoms. The number of aliphatic hydroxyl groups excluding tert-OH is 1. The van der Waals surface area contributed by atoms with Crippen molar-refractivity contribution in [1.82, 2.24) is 14.9 Å². The molecule has 0 spiro atoms. The number of aryl methyl sites for hydroxylation is 1. The molecule has 3 rings (SSSR count). The predicted molar refractivity (Wildman–Crippen MR) is 146 cm³/mol. The van der Waals surface area contributed by atoms with Gasteiger partial charge in [0.05, 0.1) is 4.43 Å². The summed E-state index contributed by atoms with van der Waals surface area (Å²) in [5.41, 5.74) is -1.36. The van der Waals surface area contributed by atoms with Crippen LogP contribution in [0.1, 0.15) is 43.9 Å². The summed E-state index contributed by atoms with van der Waals surface area (Å²) in [5, 5.41) is 12.9. The van der Waals surface area contributed by atoms with Gasteiger partial charge in [0.15, 0.2) is 0 Å². The zero-order valence-electron chi connectivity index (χ0n) is 22.5. The first-order valence-corrected chi connectivity index (χ1v) is 22.0. The third-order valence-electron chi connectivity index (χ3n) is 6.06. The van der Waals surface area contributed by atoms with E-state index >= 15 is 0 Å². The second-order valence-electron chi connectivity index (χ2n) is 9.50. The van der Waals surface area contributed by atoms with Gasteiger partial charge >= 0.3 is 231 Å². The topological polar surface area (TPSA) is 315 Å². The number of aromatic nitrogens is 2. The van der Waals surface area contributed by atoms with Crippen LogP contribution < -0.4 is 40.1 Å². The van der Waals surface area contributed by atoms with Gasteiger partial charge in [-0.25, -0.2) is 0 Å². The quantitative estimate of drug-likeness (QED) is 0.0530. The van der Waals surface area contributed by atoms with Crippen LogP contribution in [0.2, 0.25) is 0 Å². The molecule has 1 saturated heterocycles. The zero-order chi connectivity index (χ0) is 33.1. The molecule has 1 aromatic heterocycles. The van der Waals surface area contributed by atoms with E-state index < -0.39 is 86.0 Å². The van der Waals surface area contributed by atoms with Crippen LogP contribution in [0.5, 0.6) is 0 Å². The number of nitrogens with zero attached hydrogens (tertiary/aromatic N) is 1. The molecule has 1 aliphatic carbocycles. The fourth-order valence-corrected chi connectivity index (χ4v) is 11.7. The predicted octanol–water partition coefficient (Wildman–Crippen LogP) is -4.09. The van der Waals surface area contributed by atoms with Crippen molar-refractivity contribution in [2.45, 2.75) is 69.6 Å². The number of phosphoric acid groups is 3. The number of hydrogen-bond donors (Lipinski definition) is 7. The number of hydrogen-bond acceptors (Lipinski definition) is 15. The van der Waals surface area contributed by atoms with Gasteiger partial charge in [-0.3, -0.25) is 4.79 Å². The Morgan fingerprint density at radius 1 is 1.16 bits per heavy atom. The van der Waals surface area contributed by atoms with E-state index in [0.29, 0.717) is 12.8 Å². The summed E-state index contributed by atoms with van der Waals surface area (Å²) in [6.45, 7) is 0.464. The van der Waals surface area contributed by atoms with Gasteiger partial charge in [-0.1, -0.05) is 22.6 Å². The van der Waals surface area contributed by atoms with Crippen molar-refractivity contribution in [3.8, 4) is 0 Å². The van der Waals surface area contributed by atoms with Crippen molar-refractivity contribution in [2.24, 2.45) is 0 Å². The number of aromatic amines is 1. The normalized spacial score (nSPS) is 30.3. The summed E-state index contributed by atoms with van der Waals surface area (Å²) in [6.07, 6.45) is -2.92. The van der Waals surface area contributed by atoms with Gasteiger partial charge in [0.1, 0.15) is 0 Å². The van der Waals surface area contributed by atoms with Gasteiger partial charge in [0, 0.05) is 0 Å². The molecule has 7 atom stereocenters. The fraction of sp³-hybridized carbons (Fsp3) is 0.722. The van der Waals surface area contributed by atoms with Crippen molar-refractivity contribution in [1.29, 1.82) is 0 Å². The Kier molecular flexibility index (Phi) is 13.4. The molecule has 0 bridgehead atoms. The maximum absolute atomic E-state index is 12.3. The molecule has 1 aromatic rings. The summed E-state index contributed by atoms with van der Waals surface area (Å²) in [6, 6.07) is -0.214. The average Bonchev–Trinajstić information content (AvgIpc) is 3.23. The Hall–Kier alpha value is -0.180. The number of halogens is 2. The van der Waals surface area contributed by atoms with Crippen LogP contribution in [0.4, 0.5) is 0 Å². The summed E-state index contributed by atoms with van der Waals surface area (Å²) in [7, 11) is -17.4. The third kappa shape index (κ3) is 11.8. The van der Waals surface area contributed by atoms with E-state index in [1.807, 2.05) is 27.6 Å². The van der Waals surface area contributed by atoms with E-state index in [0.717, 1.165) is 10.8 Å². The molecule has 0 radical (unpaired) electrons. The van der Waals surface area contributed by atoms with Crippen LogP contribution in [0.15, 0.2) is 15.8 Å². The molecule has 1 saturated carbocycles. The van der Waals surface area contributed by atoms with Gasteiger partial charge in [0.25, 0.3) is 0 Å². The zero-order valence-corrected chi connectivity index (χ0v) is 29.5. The van der Waals surface area contributed by atoms with Crippen molar-refractivity contribution in [2.75, 3.05) is 11.0 Å². The van der Waals surface area contributed by atoms with Crippen LogP contribution in [0, 0.1) is 6.92 Å². The Bertz CT molecular complexity index is 1450. The second kappa shape index (κ2) is 15.4. The summed E-state index contributed by atoms with van der Waals surface area (Å²) >= 11 is -4.57. The van der Waals surface area contributed by atoms with Gasteiger partial charge < -0.3 is 0 Å². The van der Waals surface area contributed by atoms with Gasteiger partial charge in [-0.2, -0.15) is 0 Å². The number of H-pyrrole nitrogens is 1. The van der Waals surface area contributed by atoms with Crippen molar-refractivity contribution in [3.05, 3.63) is 32.6 Å². The second-order valence-corrected chi connectivity index (χ2v) is 18.8. The van der Waals surface area contributed by atoms with Crippen molar-refractivity contribution in [3.63, 3.8) is 0 Å².